The maximum atomic E-state index is 11.6. The molecule has 23 heavy (non-hydrogen) atoms. The van der Waals surface area contributed by atoms with E-state index in [0.29, 0.717) is 17.4 Å². The van der Waals surface area contributed by atoms with Crippen LogP contribution in [-0.2, 0) is 0 Å². The van der Waals surface area contributed by atoms with Gasteiger partial charge in [-0.2, -0.15) is 0 Å². The number of carboxylic acids is 1. The van der Waals surface area contributed by atoms with Gasteiger partial charge in [0.15, 0.2) is 0 Å². The van der Waals surface area contributed by atoms with Crippen molar-refractivity contribution in [3.8, 4) is 0 Å². The van der Waals surface area contributed by atoms with Crippen molar-refractivity contribution in [1.82, 2.24) is 0 Å². The summed E-state index contributed by atoms with van der Waals surface area (Å²) < 4.78 is 0. The summed E-state index contributed by atoms with van der Waals surface area (Å²) in [7, 11) is 0. The Kier molecular flexibility index (Phi) is 3.22. The summed E-state index contributed by atoms with van der Waals surface area (Å²) in [5.74, 6) is -0.136. The average Bonchev–Trinajstić information content (AvgIpc) is 3.04. The molecule has 3 atom stereocenters. The highest BCUT2D eigenvalue weighted by Gasteiger charge is 2.39. The smallest absolute Gasteiger partial charge is 0.336 e. The Balaban J connectivity index is 1.86. The van der Waals surface area contributed by atoms with Crippen LogP contribution in [0.15, 0.2) is 54.6 Å². The number of hydrogen-bond acceptors (Lipinski definition) is 2. The molecule has 116 valence electrons. The van der Waals surface area contributed by atoms with Crippen molar-refractivity contribution in [1.29, 1.82) is 0 Å². The van der Waals surface area contributed by atoms with Crippen LogP contribution in [0.25, 0.3) is 0 Å². The Hall–Kier alpha value is -2.55. The van der Waals surface area contributed by atoms with Gasteiger partial charge in [0.25, 0.3) is 0 Å². The molecule has 0 spiro atoms. The van der Waals surface area contributed by atoms with Crippen LogP contribution >= 0.6 is 0 Å². The van der Waals surface area contributed by atoms with Crippen molar-refractivity contribution in [3.63, 3.8) is 0 Å². The molecule has 0 fully saturated rings. The van der Waals surface area contributed by atoms with E-state index in [1.165, 1.54) is 11.1 Å². The van der Waals surface area contributed by atoms with E-state index in [1.54, 1.807) is 12.1 Å². The van der Waals surface area contributed by atoms with Crippen LogP contribution in [0.4, 0.5) is 5.69 Å². The standard InChI is InChI=1S/C20H19NO2/c1-12-6-4-10-14-13-9-5-11-15(13)19(21-18(12)14)16-7-2-3-8-17(16)20(22)23/h2-10,13,15,19,21H,11H2,1H3,(H,22,23)/t13-,15-,19+/m1/s1. The van der Waals surface area contributed by atoms with Crippen molar-refractivity contribution < 1.29 is 9.90 Å². The number of anilines is 1. The minimum Gasteiger partial charge on any atom is -0.478 e. The van der Waals surface area contributed by atoms with Crippen LogP contribution < -0.4 is 5.32 Å². The van der Waals surface area contributed by atoms with Gasteiger partial charge >= 0.3 is 5.97 Å². The van der Waals surface area contributed by atoms with Crippen molar-refractivity contribution in [2.75, 3.05) is 5.32 Å². The van der Waals surface area contributed by atoms with E-state index < -0.39 is 5.97 Å². The topological polar surface area (TPSA) is 49.3 Å². The third-order valence-corrected chi connectivity index (χ3v) is 5.13. The van der Waals surface area contributed by atoms with E-state index in [0.717, 1.165) is 17.7 Å². The van der Waals surface area contributed by atoms with Crippen molar-refractivity contribution in [2.24, 2.45) is 5.92 Å². The van der Waals surface area contributed by atoms with Crippen LogP contribution in [0.5, 0.6) is 0 Å². The lowest BCUT2D eigenvalue weighted by Gasteiger charge is -2.38. The monoisotopic (exact) mass is 305 g/mol. The molecule has 2 aromatic carbocycles. The first kappa shape index (κ1) is 14.1. The molecule has 0 unspecified atom stereocenters. The summed E-state index contributed by atoms with van der Waals surface area (Å²) in [6.07, 6.45) is 5.48. The van der Waals surface area contributed by atoms with Gasteiger partial charge in [-0.25, -0.2) is 4.79 Å². The molecule has 3 heteroatoms. The molecule has 2 N–H and O–H groups in total. The highest BCUT2D eigenvalue weighted by atomic mass is 16.4. The molecule has 1 aliphatic heterocycles. The van der Waals surface area contributed by atoms with Gasteiger partial charge in [0.05, 0.1) is 11.6 Å². The fourth-order valence-electron chi connectivity index (χ4n) is 4.05. The zero-order valence-electron chi connectivity index (χ0n) is 13.0. The molecule has 0 saturated heterocycles. The molecule has 4 rings (SSSR count). The summed E-state index contributed by atoms with van der Waals surface area (Å²) in [5, 5.41) is 13.2. The third-order valence-electron chi connectivity index (χ3n) is 5.13. The maximum absolute atomic E-state index is 11.6. The molecular weight excluding hydrogens is 286 g/mol. The molecule has 3 nitrogen and oxygen atoms in total. The van der Waals surface area contributed by atoms with Crippen LogP contribution in [-0.4, -0.2) is 11.1 Å². The van der Waals surface area contributed by atoms with Gasteiger partial charge in [0, 0.05) is 11.6 Å². The largest absolute Gasteiger partial charge is 0.478 e. The summed E-state index contributed by atoms with van der Waals surface area (Å²) >= 11 is 0. The Labute approximate surface area is 135 Å². The second kappa shape index (κ2) is 5.27. The van der Waals surface area contributed by atoms with Crippen molar-refractivity contribution >= 4 is 11.7 Å². The second-order valence-corrected chi connectivity index (χ2v) is 6.41. The average molecular weight is 305 g/mol. The Bertz CT molecular complexity index is 809. The first-order valence-electron chi connectivity index (χ1n) is 8.01. The fraction of sp³-hybridized carbons (Fsp3) is 0.250. The summed E-state index contributed by atoms with van der Waals surface area (Å²) in [4.78, 5) is 11.6. The maximum Gasteiger partial charge on any atom is 0.336 e. The van der Waals surface area contributed by atoms with Gasteiger partial charge in [-0.15, -0.1) is 0 Å². The molecule has 0 aromatic heterocycles. The number of aromatic carboxylic acids is 1. The van der Waals surface area contributed by atoms with Crippen LogP contribution in [0, 0.1) is 12.8 Å². The first-order valence-corrected chi connectivity index (χ1v) is 8.01. The Morgan fingerprint density at radius 3 is 2.74 bits per heavy atom. The predicted molar refractivity (Wildman–Crippen MR) is 90.9 cm³/mol. The number of benzene rings is 2. The molecule has 0 amide bonds. The van der Waals surface area contributed by atoms with E-state index in [2.05, 4.69) is 42.6 Å². The molecular formula is C20H19NO2. The van der Waals surface area contributed by atoms with Gasteiger partial charge < -0.3 is 10.4 Å². The quantitative estimate of drug-likeness (QED) is 0.802. The molecule has 1 aliphatic carbocycles. The van der Waals surface area contributed by atoms with E-state index in [4.69, 9.17) is 0 Å². The molecule has 2 aromatic rings. The van der Waals surface area contributed by atoms with Crippen molar-refractivity contribution in [3.05, 3.63) is 76.9 Å². The number of rotatable bonds is 2. The zero-order valence-corrected chi connectivity index (χ0v) is 13.0. The van der Waals surface area contributed by atoms with Gasteiger partial charge in [-0.3, -0.25) is 0 Å². The third kappa shape index (κ3) is 2.15. The minimum absolute atomic E-state index is 0.0240. The minimum atomic E-state index is -0.861. The molecule has 1 heterocycles. The highest BCUT2D eigenvalue weighted by molar-refractivity contribution is 5.90. The molecule has 0 bridgehead atoms. The lowest BCUT2D eigenvalue weighted by atomic mass is 9.75. The molecule has 0 saturated carbocycles. The molecule has 0 radical (unpaired) electrons. The van der Waals surface area contributed by atoms with Crippen molar-refractivity contribution in [2.45, 2.75) is 25.3 Å². The van der Waals surface area contributed by atoms with Gasteiger partial charge in [-0.1, -0.05) is 48.6 Å². The Morgan fingerprint density at radius 2 is 1.91 bits per heavy atom. The SMILES string of the molecule is Cc1cccc2c1N[C@H](c1ccccc1C(=O)O)[C@@H]1CC=C[C@H]21. The fourth-order valence-corrected chi connectivity index (χ4v) is 4.05. The first-order chi connectivity index (χ1) is 11.2. The van der Waals surface area contributed by atoms with Crippen LogP contribution in [0.1, 0.15) is 45.4 Å². The number of carboxylic acid groups (broad SMARTS) is 1. The number of fused-ring (bicyclic) bond motifs is 3. The van der Waals surface area contributed by atoms with Gasteiger partial charge in [-0.05, 0) is 42.0 Å². The number of allylic oxidation sites excluding steroid dienone is 2. The van der Waals surface area contributed by atoms with Gasteiger partial charge in [0.1, 0.15) is 0 Å². The number of nitrogens with one attached hydrogen (secondary N) is 1. The van der Waals surface area contributed by atoms with Gasteiger partial charge in [0.2, 0.25) is 0 Å². The summed E-state index contributed by atoms with van der Waals surface area (Å²) in [6.45, 7) is 2.10. The predicted octanol–water partition coefficient (Wildman–Crippen LogP) is 4.52. The normalized spacial score (nSPS) is 24.7. The summed E-state index contributed by atoms with van der Waals surface area (Å²) in [5.41, 5.74) is 4.97. The lowest BCUT2D eigenvalue weighted by Crippen LogP contribution is -2.30. The lowest BCUT2D eigenvalue weighted by molar-refractivity contribution is 0.0694. The summed E-state index contributed by atoms with van der Waals surface area (Å²) in [6, 6.07) is 13.8. The Morgan fingerprint density at radius 1 is 1.13 bits per heavy atom. The zero-order chi connectivity index (χ0) is 16.0. The van der Waals surface area contributed by atoms with E-state index in [1.807, 2.05) is 12.1 Å². The number of para-hydroxylation sites is 1. The van der Waals surface area contributed by atoms with E-state index in [-0.39, 0.29) is 6.04 Å². The van der Waals surface area contributed by atoms with Crippen LogP contribution in [0.3, 0.4) is 0 Å². The van der Waals surface area contributed by atoms with E-state index in [9.17, 15) is 9.90 Å². The second-order valence-electron chi connectivity index (χ2n) is 6.41. The number of carbonyl (C=O) groups is 1. The number of hydrogen-bond donors (Lipinski definition) is 2. The molecule has 2 aliphatic rings. The highest BCUT2D eigenvalue weighted by Crippen LogP contribution is 2.50. The van der Waals surface area contributed by atoms with E-state index >= 15 is 0 Å². The number of aryl methyl sites for hydroxylation is 1. The van der Waals surface area contributed by atoms with Crippen LogP contribution in [0.2, 0.25) is 0 Å².